The Morgan fingerprint density at radius 1 is 1.33 bits per heavy atom. The van der Waals surface area contributed by atoms with E-state index < -0.39 is 0 Å². The molecule has 0 aliphatic carbocycles. The lowest BCUT2D eigenvalue weighted by atomic mass is 9.82. The third kappa shape index (κ3) is 5.36. The first-order valence-corrected chi connectivity index (χ1v) is 4.80. The molecule has 0 saturated carbocycles. The van der Waals surface area contributed by atoms with E-state index in [2.05, 4.69) is 52.1 Å². The van der Waals surface area contributed by atoms with E-state index in [-0.39, 0.29) is 0 Å². The molecule has 0 amide bonds. The molecule has 0 fully saturated rings. The summed E-state index contributed by atoms with van der Waals surface area (Å²) >= 11 is 0. The molecule has 0 aromatic rings. The second-order valence-electron chi connectivity index (χ2n) is 4.49. The van der Waals surface area contributed by atoms with Crippen molar-refractivity contribution in [3.8, 4) is 0 Å². The van der Waals surface area contributed by atoms with Gasteiger partial charge in [-0.05, 0) is 24.8 Å². The van der Waals surface area contributed by atoms with Crippen LogP contribution in [0.5, 0.6) is 0 Å². The molecular weight excluding hydrogens is 146 g/mol. The largest absolute Gasteiger partial charge is 0.313 e. The molecular formula is C11H23N. The molecule has 1 unspecified atom stereocenters. The number of hydrogen-bond donors (Lipinski definition) is 1. The Bertz CT molecular complexity index is 130. The normalized spacial score (nSPS) is 15.4. The third-order valence-corrected chi connectivity index (χ3v) is 2.43. The van der Waals surface area contributed by atoms with Crippen molar-refractivity contribution in [2.24, 2.45) is 11.3 Å². The van der Waals surface area contributed by atoms with E-state index in [1.165, 1.54) is 0 Å². The fourth-order valence-corrected chi connectivity index (χ4v) is 0.807. The number of allylic oxidation sites excluding steroid dienone is 1. The fraction of sp³-hybridized carbons (Fsp3) is 0.818. The Morgan fingerprint density at radius 3 is 2.33 bits per heavy atom. The number of hydrogen-bond acceptors (Lipinski definition) is 1. The van der Waals surface area contributed by atoms with Crippen molar-refractivity contribution in [3.05, 3.63) is 12.2 Å². The molecule has 0 radical (unpaired) electrons. The summed E-state index contributed by atoms with van der Waals surface area (Å²) in [6.07, 6.45) is 4.23. The maximum atomic E-state index is 3.41. The molecule has 0 rings (SSSR count). The second kappa shape index (κ2) is 5.36. The zero-order chi connectivity index (χ0) is 9.61. The topological polar surface area (TPSA) is 12.0 Å². The summed E-state index contributed by atoms with van der Waals surface area (Å²) in [5.41, 5.74) is 0.420. The predicted molar refractivity (Wildman–Crippen MR) is 56.3 cm³/mol. The third-order valence-electron chi connectivity index (χ3n) is 2.43. The van der Waals surface area contributed by atoms with Crippen LogP contribution in [0.4, 0.5) is 0 Å². The van der Waals surface area contributed by atoms with E-state index in [9.17, 15) is 0 Å². The lowest BCUT2D eigenvalue weighted by Gasteiger charge is -2.27. The van der Waals surface area contributed by atoms with Crippen LogP contribution in [0.25, 0.3) is 0 Å². The van der Waals surface area contributed by atoms with Crippen molar-refractivity contribution in [1.29, 1.82) is 0 Å². The van der Waals surface area contributed by atoms with Gasteiger partial charge in [-0.1, -0.05) is 39.8 Å². The van der Waals surface area contributed by atoms with E-state index in [4.69, 9.17) is 0 Å². The van der Waals surface area contributed by atoms with E-state index in [1.807, 2.05) is 0 Å². The highest BCUT2D eigenvalue weighted by molar-refractivity contribution is 4.80. The Hall–Kier alpha value is -0.300. The lowest BCUT2D eigenvalue weighted by Crippen LogP contribution is -2.29. The molecule has 0 aromatic heterocycles. The minimum absolute atomic E-state index is 0.420. The zero-order valence-corrected chi connectivity index (χ0v) is 9.15. The Morgan fingerprint density at radius 2 is 1.92 bits per heavy atom. The quantitative estimate of drug-likeness (QED) is 0.504. The van der Waals surface area contributed by atoms with Crippen LogP contribution in [-0.4, -0.2) is 13.1 Å². The first-order valence-electron chi connectivity index (χ1n) is 4.80. The molecule has 72 valence electrons. The molecule has 0 aromatic carbocycles. The van der Waals surface area contributed by atoms with Crippen LogP contribution < -0.4 is 5.32 Å². The van der Waals surface area contributed by atoms with Gasteiger partial charge in [-0.2, -0.15) is 0 Å². The van der Waals surface area contributed by atoms with Gasteiger partial charge in [-0.15, -0.1) is 0 Å². The Kier molecular flexibility index (Phi) is 5.23. The van der Waals surface area contributed by atoms with Crippen LogP contribution in [0, 0.1) is 11.3 Å². The second-order valence-corrected chi connectivity index (χ2v) is 4.49. The molecule has 1 N–H and O–H groups in total. The molecule has 1 nitrogen and oxygen atoms in total. The van der Waals surface area contributed by atoms with Crippen LogP contribution in [0.3, 0.4) is 0 Å². The minimum atomic E-state index is 0.420. The molecule has 0 spiro atoms. The van der Waals surface area contributed by atoms with Gasteiger partial charge >= 0.3 is 0 Å². The van der Waals surface area contributed by atoms with Gasteiger partial charge in [0.15, 0.2) is 0 Å². The highest BCUT2D eigenvalue weighted by Gasteiger charge is 2.18. The molecule has 0 bridgehead atoms. The maximum absolute atomic E-state index is 3.41. The molecule has 0 saturated heterocycles. The molecule has 1 heteroatoms. The molecule has 0 heterocycles. The predicted octanol–water partition coefficient (Wildman–Crippen LogP) is 2.83. The summed E-state index contributed by atoms with van der Waals surface area (Å²) in [6.45, 7) is 13.3. The molecule has 0 aliphatic rings. The average Bonchev–Trinajstić information content (AvgIpc) is 1.96. The SMILES string of the molecule is C/C=C/CNCC(C)C(C)(C)C. The van der Waals surface area contributed by atoms with Gasteiger partial charge in [-0.3, -0.25) is 0 Å². The van der Waals surface area contributed by atoms with E-state index >= 15 is 0 Å². The van der Waals surface area contributed by atoms with Crippen LogP contribution in [0.2, 0.25) is 0 Å². The van der Waals surface area contributed by atoms with Gasteiger partial charge in [-0.25, -0.2) is 0 Å². The van der Waals surface area contributed by atoms with Crippen molar-refractivity contribution in [2.45, 2.75) is 34.6 Å². The van der Waals surface area contributed by atoms with Crippen molar-refractivity contribution in [1.82, 2.24) is 5.32 Å². The van der Waals surface area contributed by atoms with Gasteiger partial charge in [0.1, 0.15) is 0 Å². The summed E-state index contributed by atoms with van der Waals surface area (Å²) in [7, 11) is 0. The summed E-state index contributed by atoms with van der Waals surface area (Å²) in [6, 6.07) is 0. The average molecular weight is 169 g/mol. The minimum Gasteiger partial charge on any atom is -0.313 e. The van der Waals surface area contributed by atoms with Crippen molar-refractivity contribution >= 4 is 0 Å². The van der Waals surface area contributed by atoms with E-state index in [0.717, 1.165) is 19.0 Å². The highest BCUT2D eigenvalue weighted by Crippen LogP contribution is 2.24. The van der Waals surface area contributed by atoms with Crippen LogP contribution in [0.1, 0.15) is 34.6 Å². The van der Waals surface area contributed by atoms with Crippen molar-refractivity contribution in [2.75, 3.05) is 13.1 Å². The summed E-state index contributed by atoms with van der Waals surface area (Å²) < 4.78 is 0. The standard InChI is InChI=1S/C11H23N/c1-6-7-8-12-9-10(2)11(3,4)5/h6-7,10,12H,8-9H2,1-5H3/b7-6+. The monoisotopic (exact) mass is 169 g/mol. The van der Waals surface area contributed by atoms with Gasteiger partial charge in [0, 0.05) is 6.54 Å². The smallest absolute Gasteiger partial charge is 0.0134 e. The van der Waals surface area contributed by atoms with Gasteiger partial charge in [0.25, 0.3) is 0 Å². The first-order chi connectivity index (χ1) is 5.48. The van der Waals surface area contributed by atoms with Crippen LogP contribution >= 0.6 is 0 Å². The van der Waals surface area contributed by atoms with Crippen LogP contribution in [0.15, 0.2) is 12.2 Å². The Labute approximate surface area is 77.2 Å². The highest BCUT2D eigenvalue weighted by atomic mass is 14.8. The summed E-state index contributed by atoms with van der Waals surface area (Å²) in [5.74, 6) is 0.725. The van der Waals surface area contributed by atoms with E-state index in [0.29, 0.717) is 5.41 Å². The number of rotatable bonds is 4. The van der Waals surface area contributed by atoms with Gasteiger partial charge in [0.2, 0.25) is 0 Å². The molecule has 1 atom stereocenters. The Balaban J connectivity index is 3.51. The molecule has 0 aliphatic heterocycles. The van der Waals surface area contributed by atoms with E-state index in [1.54, 1.807) is 0 Å². The van der Waals surface area contributed by atoms with Gasteiger partial charge < -0.3 is 5.32 Å². The lowest BCUT2D eigenvalue weighted by molar-refractivity contribution is 0.255. The van der Waals surface area contributed by atoms with Crippen molar-refractivity contribution in [3.63, 3.8) is 0 Å². The fourth-order valence-electron chi connectivity index (χ4n) is 0.807. The van der Waals surface area contributed by atoms with Crippen molar-refractivity contribution < 1.29 is 0 Å². The van der Waals surface area contributed by atoms with Crippen LogP contribution in [-0.2, 0) is 0 Å². The van der Waals surface area contributed by atoms with Gasteiger partial charge in [0.05, 0.1) is 0 Å². The number of nitrogens with one attached hydrogen (secondary N) is 1. The zero-order valence-electron chi connectivity index (χ0n) is 9.15. The summed E-state index contributed by atoms with van der Waals surface area (Å²) in [5, 5.41) is 3.41. The first kappa shape index (κ1) is 11.7. The molecule has 12 heavy (non-hydrogen) atoms. The maximum Gasteiger partial charge on any atom is 0.0134 e. The summed E-state index contributed by atoms with van der Waals surface area (Å²) in [4.78, 5) is 0.